The number of fused-ring (bicyclic) bond motifs is 3. The van der Waals surface area contributed by atoms with E-state index in [0.29, 0.717) is 4.57 Å². The van der Waals surface area contributed by atoms with Crippen molar-refractivity contribution in [1.29, 1.82) is 0 Å². The van der Waals surface area contributed by atoms with Crippen molar-refractivity contribution < 1.29 is 107 Å². The van der Waals surface area contributed by atoms with Crippen LogP contribution < -0.4 is 28.5 Å². The number of aryl methyl sites for hydroxylation is 1. The van der Waals surface area contributed by atoms with E-state index in [9.17, 15) is 83.9 Å². The molecule has 0 aliphatic carbocycles. The van der Waals surface area contributed by atoms with Crippen molar-refractivity contribution in [1.82, 2.24) is 68.1 Å². The van der Waals surface area contributed by atoms with E-state index in [1.54, 1.807) is 0 Å². The quantitative estimate of drug-likeness (QED) is 0.0377. The largest absolute Gasteiger partial charge is 0.394 e. The molecule has 19 N–H and O–H groups in total. The van der Waals surface area contributed by atoms with Gasteiger partial charge in [-0.15, -0.1) is 0 Å². The lowest BCUT2D eigenvalue weighted by Crippen LogP contribution is -2.44. The first-order valence-corrected chi connectivity index (χ1v) is 29.4. The van der Waals surface area contributed by atoms with Gasteiger partial charge in [0.1, 0.15) is 109 Å². The minimum Gasteiger partial charge on any atom is -0.394 e. The van der Waals surface area contributed by atoms with Gasteiger partial charge in [-0.3, -0.25) is 55.3 Å². The first-order valence-electron chi connectivity index (χ1n) is 24.5. The standard InChI is InChI=1S/C40H50N17O24P3/c1-10-52-15-29(43)46-7-49-32(15)57(10)34-17(61)16(60)24(76-34)37(65)83(71,72)80-22-19(63)26(78-35(22)55-8-50-13-27(41)44-5-47-30(13)55)39(67)84(73,74)81-23-18(62)25(77-36(23)56-9-51-14-28(42)45-6-48-31(14)56)38(66)82(69,70)79-21-11(4-58)75-33(20(21)64)54-3-2-12(59)53-40(54)68/h2-3,5-9,11,16-26,33-39,58,60-67H,4H2,1H3,(H,69,70)(H,71,72)(H,73,74)(H2,41,44,47)(H2,42,45,48)(H2,43,46,49)(H,53,59,68)/t11-,16+,17-,18+,19+,20-,21-,22-,23-,24+,25+,26+,33-,34-,35-,36-,37?,38?,39?/m1/s1. The van der Waals surface area contributed by atoms with E-state index >= 15 is 0 Å². The van der Waals surface area contributed by atoms with Crippen LogP contribution in [0.4, 0.5) is 17.5 Å². The number of nitrogens with two attached hydrogens (primary N) is 3. The van der Waals surface area contributed by atoms with Crippen molar-refractivity contribution in [2.45, 2.75) is 123 Å². The van der Waals surface area contributed by atoms with E-state index in [1.807, 2.05) is 4.98 Å². The third-order valence-electron chi connectivity index (χ3n) is 14.4. The third-order valence-corrected chi connectivity index (χ3v) is 18.9. The average molecular weight is 1250 g/mol. The summed E-state index contributed by atoms with van der Waals surface area (Å²) in [6.07, 6.45) is -28.9. The average Bonchev–Trinajstić information content (AvgIpc) is 2.75. The number of imidazole rings is 3. The van der Waals surface area contributed by atoms with E-state index in [2.05, 4.69) is 44.9 Å². The molecule has 0 bridgehead atoms. The van der Waals surface area contributed by atoms with Gasteiger partial charge in [0.15, 0.2) is 82.4 Å². The Morgan fingerprint density at radius 3 is 1.49 bits per heavy atom. The van der Waals surface area contributed by atoms with E-state index in [4.69, 9.17) is 49.7 Å². The Kier molecular flexibility index (Phi) is 15.5. The number of H-pyrrole nitrogens is 1. The second-order valence-corrected chi connectivity index (χ2v) is 25.1. The number of ether oxygens (including phenoxy) is 4. The van der Waals surface area contributed by atoms with Crippen LogP contribution in [0, 0.1) is 6.92 Å². The topological polar surface area (TPSA) is 622 Å². The van der Waals surface area contributed by atoms with Crippen LogP contribution in [0.3, 0.4) is 0 Å². The molecule has 0 aromatic carbocycles. The number of hydrogen-bond donors (Lipinski definition) is 16. The molecule has 0 amide bonds. The number of rotatable bonds is 17. The first kappa shape index (κ1) is 59.4. The molecule has 4 aliphatic rings. The maximum atomic E-state index is 14.6. The molecule has 11 heterocycles. The summed E-state index contributed by atoms with van der Waals surface area (Å²) in [5.41, 5.74) is 15.2. The van der Waals surface area contributed by atoms with Crippen LogP contribution in [0.25, 0.3) is 33.5 Å². The highest BCUT2D eigenvalue weighted by atomic mass is 31.2. The second kappa shape index (κ2) is 21.9. The van der Waals surface area contributed by atoms with Crippen molar-refractivity contribution in [3.8, 4) is 0 Å². The summed E-state index contributed by atoms with van der Waals surface area (Å²) < 4.78 is 86.0. The number of hydrogen-bond acceptors (Lipinski definition) is 33. The third kappa shape index (κ3) is 9.97. The molecule has 4 saturated heterocycles. The minimum atomic E-state index is -6.04. The Balaban J connectivity index is 0.879. The number of aliphatic hydroxyl groups excluding tert-OH is 9. The molecule has 11 rings (SSSR count). The Morgan fingerprint density at radius 1 is 0.571 bits per heavy atom. The molecule has 7 aromatic heterocycles. The van der Waals surface area contributed by atoms with Crippen LogP contribution >= 0.6 is 22.8 Å². The van der Waals surface area contributed by atoms with Crippen LogP contribution in [0.15, 0.2) is 53.5 Å². The Hall–Kier alpha value is -6.34. The molecule has 0 radical (unpaired) electrons. The van der Waals surface area contributed by atoms with Crippen molar-refractivity contribution in [3.05, 3.63) is 70.6 Å². The molecule has 454 valence electrons. The van der Waals surface area contributed by atoms with Gasteiger partial charge in [0.25, 0.3) is 5.56 Å². The van der Waals surface area contributed by atoms with Gasteiger partial charge in [-0.1, -0.05) is 0 Å². The van der Waals surface area contributed by atoms with Gasteiger partial charge in [0.2, 0.25) is 0 Å². The van der Waals surface area contributed by atoms with Gasteiger partial charge in [0.05, 0.1) is 19.3 Å². The molecule has 4 fully saturated rings. The molecule has 0 spiro atoms. The van der Waals surface area contributed by atoms with Crippen molar-refractivity contribution >= 4 is 73.7 Å². The van der Waals surface area contributed by atoms with E-state index in [0.717, 1.165) is 57.6 Å². The summed E-state index contributed by atoms with van der Waals surface area (Å²) in [7, 11) is -17.6. The fourth-order valence-corrected chi connectivity index (χ4v) is 14.2. The SMILES string of the molecule is Cc1nc2c(N)ncnc2n1[C@@H]1O[C@H](C(O)P(=O)(O)O[C@@H]2[C@H](O)[C@@H](C(O)P(=O)(O)O[C@@H]3[C@H](O)[C@@H](C(O)P(=O)(O)O[C@H]4[C@@H](O)[C@H](n5ccc(=O)[nH]c5=O)O[C@@H]4CO)O[C@H]3n3cnc4c(N)ncnc43)O[C@H]2n2cnc3c(N)ncnc32)[C@@H](O)[C@H]1O. The van der Waals surface area contributed by atoms with Crippen LogP contribution in [-0.4, -0.2) is 226 Å². The Bertz CT molecular complexity index is 3930. The van der Waals surface area contributed by atoms with Crippen LogP contribution in [-0.2, 0) is 46.2 Å². The number of aliphatic hydroxyl groups is 9. The highest BCUT2D eigenvalue weighted by molar-refractivity contribution is 7.54. The van der Waals surface area contributed by atoms with Gasteiger partial charge in [-0.2, -0.15) is 0 Å². The van der Waals surface area contributed by atoms with Crippen molar-refractivity contribution in [2.75, 3.05) is 23.8 Å². The zero-order chi connectivity index (χ0) is 60.4. The first-order chi connectivity index (χ1) is 39.6. The number of nitrogens with one attached hydrogen (secondary N) is 1. The summed E-state index contributed by atoms with van der Waals surface area (Å²) in [5.74, 6) is -9.26. The molecular weight excluding hydrogens is 1200 g/mol. The maximum absolute atomic E-state index is 14.6. The zero-order valence-corrected chi connectivity index (χ0v) is 45.1. The van der Waals surface area contributed by atoms with Crippen LogP contribution in [0.5, 0.6) is 0 Å². The molecule has 41 nitrogen and oxygen atoms in total. The summed E-state index contributed by atoms with van der Waals surface area (Å²) in [5, 5.41) is 103. The molecule has 4 aliphatic heterocycles. The summed E-state index contributed by atoms with van der Waals surface area (Å²) in [6.45, 7) is 0.397. The van der Waals surface area contributed by atoms with Gasteiger partial charge < -0.3 is 96.8 Å². The minimum absolute atomic E-state index is 0.00919. The molecule has 0 saturated carbocycles. The summed E-state index contributed by atoms with van der Waals surface area (Å²) in [4.78, 5) is 97.0. The molecule has 7 aromatic rings. The lowest BCUT2D eigenvalue weighted by molar-refractivity contribution is -0.0782. The van der Waals surface area contributed by atoms with E-state index in [1.165, 1.54) is 6.92 Å². The zero-order valence-electron chi connectivity index (χ0n) is 42.4. The number of nitrogens with zero attached hydrogens (tertiary/aromatic N) is 13. The monoisotopic (exact) mass is 1250 g/mol. The maximum Gasteiger partial charge on any atom is 0.359 e. The normalized spacial score (nSPS) is 33.3. The van der Waals surface area contributed by atoms with Crippen molar-refractivity contribution in [2.24, 2.45) is 0 Å². The molecule has 22 atom stereocenters. The molecular formula is C40H50N17O24P3. The van der Waals surface area contributed by atoms with E-state index in [-0.39, 0.29) is 56.8 Å². The smallest absolute Gasteiger partial charge is 0.359 e. The highest BCUT2D eigenvalue weighted by Crippen LogP contribution is 2.60. The van der Waals surface area contributed by atoms with Crippen LogP contribution in [0.1, 0.15) is 30.7 Å². The van der Waals surface area contributed by atoms with Crippen LogP contribution in [0.2, 0.25) is 0 Å². The van der Waals surface area contributed by atoms with Crippen molar-refractivity contribution in [3.63, 3.8) is 0 Å². The second-order valence-electron chi connectivity index (χ2n) is 19.5. The number of aromatic nitrogens is 14. The lowest BCUT2D eigenvalue weighted by atomic mass is 10.1. The van der Waals surface area contributed by atoms with Gasteiger partial charge in [-0.05, 0) is 6.92 Å². The fourth-order valence-electron chi connectivity index (χ4n) is 10.2. The predicted molar refractivity (Wildman–Crippen MR) is 270 cm³/mol. The number of aromatic amines is 1. The van der Waals surface area contributed by atoms with Gasteiger partial charge >= 0.3 is 28.5 Å². The summed E-state index contributed by atoms with van der Waals surface area (Å²) in [6, 6.07) is 0.871. The predicted octanol–water partition coefficient (Wildman–Crippen LogP) is -6.84. The summed E-state index contributed by atoms with van der Waals surface area (Å²) >= 11 is 0. The molecule has 84 heavy (non-hydrogen) atoms. The number of nitrogen functional groups attached to an aromatic ring is 3. The highest BCUT2D eigenvalue weighted by Gasteiger charge is 2.62. The van der Waals surface area contributed by atoms with Gasteiger partial charge in [0, 0.05) is 12.3 Å². The molecule has 6 unspecified atom stereocenters. The number of anilines is 3. The fraction of sp³-hybridized carbons (Fsp3) is 0.525. The lowest BCUT2D eigenvalue weighted by Gasteiger charge is -2.30. The molecule has 44 heteroatoms. The Morgan fingerprint density at radius 2 is 1.01 bits per heavy atom. The Labute approximate surface area is 464 Å². The van der Waals surface area contributed by atoms with Gasteiger partial charge in [-0.25, -0.2) is 49.7 Å². The van der Waals surface area contributed by atoms with E-state index < -0.39 is 156 Å².